The average Bonchev–Trinajstić information content (AvgIpc) is 2.28. The lowest BCUT2D eigenvalue weighted by Gasteiger charge is -2.30. The number of rotatable bonds is 2. The van der Waals surface area contributed by atoms with E-state index in [1.807, 2.05) is 24.4 Å². The maximum Gasteiger partial charge on any atom is 0.0686 e. The summed E-state index contributed by atoms with van der Waals surface area (Å²) >= 11 is 0. The molecule has 3 heteroatoms. The van der Waals surface area contributed by atoms with Crippen molar-refractivity contribution in [2.45, 2.75) is 26.8 Å². The summed E-state index contributed by atoms with van der Waals surface area (Å²) in [5.74, 6) is 5.69. The SMILES string of the molecule is CC(C)(C)C(NN)c1nccc2ccccc12. The minimum atomic E-state index is 0.0197. The Balaban J connectivity index is 2.62. The molecule has 1 heterocycles. The number of pyridine rings is 1. The third-order valence-electron chi connectivity index (χ3n) is 3.01. The summed E-state index contributed by atoms with van der Waals surface area (Å²) in [7, 11) is 0. The van der Waals surface area contributed by atoms with Crippen LogP contribution in [0.5, 0.6) is 0 Å². The molecule has 0 aliphatic rings. The lowest BCUT2D eigenvalue weighted by atomic mass is 9.83. The molecule has 0 spiro atoms. The van der Waals surface area contributed by atoms with Crippen LogP contribution in [0.1, 0.15) is 32.5 Å². The van der Waals surface area contributed by atoms with Gasteiger partial charge in [-0.15, -0.1) is 0 Å². The van der Waals surface area contributed by atoms with E-state index in [0.717, 1.165) is 11.1 Å². The maximum atomic E-state index is 5.69. The van der Waals surface area contributed by atoms with Crippen LogP contribution in [0.3, 0.4) is 0 Å². The molecular formula is C14H19N3. The lowest BCUT2D eigenvalue weighted by Crippen LogP contribution is -2.37. The Bertz CT molecular complexity index is 509. The number of benzene rings is 1. The van der Waals surface area contributed by atoms with Crippen LogP contribution in [0.4, 0.5) is 0 Å². The molecule has 0 bridgehead atoms. The number of fused-ring (bicyclic) bond motifs is 1. The fraction of sp³-hybridized carbons (Fsp3) is 0.357. The van der Waals surface area contributed by atoms with Crippen LogP contribution in [0, 0.1) is 5.41 Å². The molecule has 1 aromatic carbocycles. The summed E-state index contributed by atoms with van der Waals surface area (Å²) in [6.07, 6.45) is 1.84. The Morgan fingerprint density at radius 3 is 2.53 bits per heavy atom. The molecule has 2 aromatic rings. The second-order valence-electron chi connectivity index (χ2n) is 5.38. The normalized spacial score (nSPS) is 13.9. The van der Waals surface area contributed by atoms with Gasteiger partial charge < -0.3 is 0 Å². The summed E-state index contributed by atoms with van der Waals surface area (Å²) in [5.41, 5.74) is 3.92. The Morgan fingerprint density at radius 2 is 1.88 bits per heavy atom. The average molecular weight is 229 g/mol. The quantitative estimate of drug-likeness (QED) is 0.615. The van der Waals surface area contributed by atoms with Crippen LogP contribution >= 0.6 is 0 Å². The van der Waals surface area contributed by atoms with Crippen molar-refractivity contribution in [3.05, 3.63) is 42.2 Å². The Labute approximate surface area is 102 Å². The van der Waals surface area contributed by atoms with Gasteiger partial charge in [0.15, 0.2) is 0 Å². The smallest absolute Gasteiger partial charge is 0.0686 e. The van der Waals surface area contributed by atoms with Gasteiger partial charge in [0, 0.05) is 11.6 Å². The molecule has 90 valence electrons. The van der Waals surface area contributed by atoms with E-state index in [4.69, 9.17) is 5.84 Å². The standard InChI is InChI=1S/C14H19N3/c1-14(2,3)13(17-15)12-11-7-5-4-6-10(11)8-9-16-12/h4-9,13,17H,15H2,1-3H3. The Hall–Kier alpha value is -1.45. The molecule has 1 aromatic heterocycles. The van der Waals surface area contributed by atoms with E-state index in [0.29, 0.717) is 0 Å². The van der Waals surface area contributed by atoms with Crippen molar-refractivity contribution in [1.82, 2.24) is 10.4 Å². The molecule has 0 aliphatic carbocycles. The van der Waals surface area contributed by atoms with Crippen molar-refractivity contribution in [2.24, 2.45) is 11.3 Å². The van der Waals surface area contributed by atoms with Gasteiger partial charge >= 0.3 is 0 Å². The molecule has 1 atom stereocenters. The van der Waals surface area contributed by atoms with Gasteiger partial charge in [-0.1, -0.05) is 45.0 Å². The molecule has 3 N–H and O–H groups in total. The number of aromatic nitrogens is 1. The summed E-state index contributed by atoms with van der Waals surface area (Å²) in [6, 6.07) is 10.3. The first-order chi connectivity index (χ1) is 8.04. The van der Waals surface area contributed by atoms with E-state index in [1.165, 1.54) is 5.39 Å². The largest absolute Gasteiger partial charge is 0.271 e. The molecule has 2 rings (SSSR count). The van der Waals surface area contributed by atoms with E-state index < -0.39 is 0 Å². The summed E-state index contributed by atoms with van der Waals surface area (Å²) in [4.78, 5) is 4.50. The van der Waals surface area contributed by atoms with E-state index in [1.54, 1.807) is 0 Å². The Kier molecular flexibility index (Phi) is 3.13. The van der Waals surface area contributed by atoms with Gasteiger partial charge in [0.2, 0.25) is 0 Å². The zero-order valence-electron chi connectivity index (χ0n) is 10.6. The summed E-state index contributed by atoms with van der Waals surface area (Å²) in [5, 5.41) is 2.36. The first kappa shape index (κ1) is 12.0. The highest BCUT2D eigenvalue weighted by Gasteiger charge is 2.27. The van der Waals surface area contributed by atoms with Crippen molar-refractivity contribution >= 4 is 10.8 Å². The second kappa shape index (κ2) is 4.43. The number of nitrogens with one attached hydrogen (secondary N) is 1. The molecule has 0 saturated heterocycles. The van der Waals surface area contributed by atoms with E-state index in [2.05, 4.69) is 43.3 Å². The molecule has 0 amide bonds. The first-order valence-corrected chi connectivity index (χ1v) is 5.84. The topological polar surface area (TPSA) is 50.9 Å². The lowest BCUT2D eigenvalue weighted by molar-refractivity contribution is 0.272. The van der Waals surface area contributed by atoms with Crippen LogP contribution in [0.25, 0.3) is 10.8 Å². The van der Waals surface area contributed by atoms with Crippen molar-refractivity contribution in [3.8, 4) is 0 Å². The number of hydrogen-bond acceptors (Lipinski definition) is 3. The molecule has 17 heavy (non-hydrogen) atoms. The van der Waals surface area contributed by atoms with Gasteiger partial charge in [-0.05, 0) is 16.9 Å². The molecule has 0 fully saturated rings. The van der Waals surface area contributed by atoms with Crippen molar-refractivity contribution < 1.29 is 0 Å². The van der Waals surface area contributed by atoms with Gasteiger partial charge in [-0.2, -0.15) is 0 Å². The Morgan fingerprint density at radius 1 is 1.18 bits per heavy atom. The molecule has 3 nitrogen and oxygen atoms in total. The highest BCUT2D eigenvalue weighted by atomic mass is 15.2. The van der Waals surface area contributed by atoms with Gasteiger partial charge in [0.25, 0.3) is 0 Å². The maximum absolute atomic E-state index is 5.69. The monoisotopic (exact) mass is 229 g/mol. The highest BCUT2D eigenvalue weighted by molar-refractivity contribution is 5.84. The molecule has 0 radical (unpaired) electrons. The number of hydrogen-bond donors (Lipinski definition) is 2. The van der Waals surface area contributed by atoms with Crippen molar-refractivity contribution in [1.29, 1.82) is 0 Å². The zero-order chi connectivity index (χ0) is 12.5. The minimum absolute atomic E-state index is 0.0197. The van der Waals surface area contributed by atoms with E-state index >= 15 is 0 Å². The number of nitrogens with two attached hydrogens (primary N) is 1. The molecule has 1 unspecified atom stereocenters. The van der Waals surface area contributed by atoms with Crippen LogP contribution < -0.4 is 11.3 Å². The van der Waals surface area contributed by atoms with Crippen LogP contribution in [0.2, 0.25) is 0 Å². The van der Waals surface area contributed by atoms with Gasteiger partial charge in [-0.3, -0.25) is 16.3 Å². The van der Waals surface area contributed by atoms with E-state index in [-0.39, 0.29) is 11.5 Å². The summed E-state index contributed by atoms with van der Waals surface area (Å²) in [6.45, 7) is 6.46. The fourth-order valence-electron chi connectivity index (χ4n) is 2.11. The molecule has 0 aliphatic heterocycles. The third kappa shape index (κ3) is 2.30. The van der Waals surface area contributed by atoms with Crippen LogP contribution in [-0.2, 0) is 0 Å². The van der Waals surface area contributed by atoms with Gasteiger partial charge in [0.1, 0.15) is 0 Å². The summed E-state index contributed by atoms with van der Waals surface area (Å²) < 4.78 is 0. The second-order valence-corrected chi connectivity index (χ2v) is 5.38. The van der Waals surface area contributed by atoms with Crippen molar-refractivity contribution in [2.75, 3.05) is 0 Å². The van der Waals surface area contributed by atoms with Gasteiger partial charge in [0.05, 0.1) is 11.7 Å². The minimum Gasteiger partial charge on any atom is -0.271 e. The highest BCUT2D eigenvalue weighted by Crippen LogP contribution is 2.34. The molecule has 0 saturated carbocycles. The fourth-order valence-corrected chi connectivity index (χ4v) is 2.11. The van der Waals surface area contributed by atoms with Crippen LogP contribution in [-0.4, -0.2) is 4.98 Å². The van der Waals surface area contributed by atoms with Gasteiger partial charge in [-0.25, -0.2) is 0 Å². The predicted octanol–water partition coefficient (Wildman–Crippen LogP) is 2.79. The first-order valence-electron chi connectivity index (χ1n) is 5.84. The van der Waals surface area contributed by atoms with E-state index in [9.17, 15) is 0 Å². The number of nitrogens with zero attached hydrogens (tertiary/aromatic N) is 1. The van der Waals surface area contributed by atoms with Crippen molar-refractivity contribution in [3.63, 3.8) is 0 Å². The molecular weight excluding hydrogens is 210 g/mol. The van der Waals surface area contributed by atoms with Crippen LogP contribution in [0.15, 0.2) is 36.5 Å². The number of hydrazine groups is 1. The predicted molar refractivity (Wildman–Crippen MR) is 71.3 cm³/mol. The zero-order valence-corrected chi connectivity index (χ0v) is 10.6. The third-order valence-corrected chi connectivity index (χ3v) is 3.01.